The smallest absolute Gasteiger partial charge is 0.264 e. The van der Waals surface area contributed by atoms with Gasteiger partial charge in [0.2, 0.25) is 0 Å². The van der Waals surface area contributed by atoms with Gasteiger partial charge in [-0.15, -0.1) is 0 Å². The van der Waals surface area contributed by atoms with Gasteiger partial charge in [-0.2, -0.15) is 0 Å². The number of amides is 1. The third-order valence-electron chi connectivity index (χ3n) is 4.91. The van der Waals surface area contributed by atoms with Crippen LogP contribution in [0.25, 0.3) is 10.2 Å². The molecule has 0 aliphatic heterocycles. The van der Waals surface area contributed by atoms with Gasteiger partial charge in [-0.05, 0) is 42.5 Å². The molecule has 1 amide bonds. The zero-order valence-corrected chi connectivity index (χ0v) is 18.9. The topological polar surface area (TPSA) is 83.3 Å². The Kier molecular flexibility index (Phi) is 6.18. The van der Waals surface area contributed by atoms with Crippen LogP contribution in [0, 0.1) is 0 Å². The summed E-state index contributed by atoms with van der Waals surface area (Å²) < 4.78 is 28.0. The lowest BCUT2D eigenvalue weighted by atomic mass is 10.1. The number of fused-ring (bicyclic) bond motifs is 1. The average molecular weight is 455 g/mol. The normalized spacial score (nSPS) is 10.8. The van der Waals surface area contributed by atoms with Crippen LogP contribution in [-0.2, 0) is 6.54 Å². The van der Waals surface area contributed by atoms with Crippen LogP contribution in [0.3, 0.4) is 0 Å². The summed E-state index contributed by atoms with van der Waals surface area (Å²) in [5, 5.41) is 0.467. The number of furan rings is 1. The SMILES string of the molecule is COc1ccc(OC)c(C(=O)N(Cc2ccco2)c2nc3c(OC)ccc(OC)c3s2)c1. The molecule has 0 aliphatic carbocycles. The van der Waals surface area contributed by atoms with E-state index in [0.717, 1.165) is 4.70 Å². The van der Waals surface area contributed by atoms with E-state index in [4.69, 9.17) is 28.3 Å². The van der Waals surface area contributed by atoms with E-state index in [1.54, 1.807) is 68.9 Å². The Bertz CT molecular complexity index is 1190. The van der Waals surface area contributed by atoms with Gasteiger partial charge >= 0.3 is 0 Å². The van der Waals surface area contributed by atoms with Crippen LogP contribution >= 0.6 is 11.3 Å². The minimum atomic E-state index is -0.311. The van der Waals surface area contributed by atoms with Gasteiger partial charge in [-0.3, -0.25) is 9.69 Å². The molecule has 2 heterocycles. The lowest BCUT2D eigenvalue weighted by Crippen LogP contribution is -2.30. The van der Waals surface area contributed by atoms with E-state index in [1.165, 1.54) is 18.4 Å². The van der Waals surface area contributed by atoms with Crippen LogP contribution in [0.1, 0.15) is 16.1 Å². The number of hydrogen-bond donors (Lipinski definition) is 0. The van der Waals surface area contributed by atoms with Gasteiger partial charge in [0.1, 0.15) is 39.0 Å². The fourth-order valence-electron chi connectivity index (χ4n) is 3.30. The monoisotopic (exact) mass is 454 g/mol. The predicted molar refractivity (Wildman–Crippen MR) is 121 cm³/mol. The molecule has 4 rings (SSSR count). The zero-order valence-electron chi connectivity index (χ0n) is 18.1. The van der Waals surface area contributed by atoms with Crippen LogP contribution in [0.15, 0.2) is 53.1 Å². The lowest BCUT2D eigenvalue weighted by molar-refractivity contribution is 0.0980. The first-order chi connectivity index (χ1) is 15.6. The molecule has 0 saturated heterocycles. The van der Waals surface area contributed by atoms with Gasteiger partial charge in [0, 0.05) is 0 Å². The molecule has 0 atom stereocenters. The van der Waals surface area contributed by atoms with Crippen molar-refractivity contribution in [1.82, 2.24) is 4.98 Å². The van der Waals surface area contributed by atoms with Crippen LogP contribution in [-0.4, -0.2) is 39.3 Å². The third kappa shape index (κ3) is 3.94. The highest BCUT2D eigenvalue weighted by molar-refractivity contribution is 7.22. The van der Waals surface area contributed by atoms with Crippen molar-refractivity contribution in [2.45, 2.75) is 6.54 Å². The first-order valence-electron chi connectivity index (χ1n) is 9.67. The number of rotatable bonds is 8. The minimum absolute atomic E-state index is 0.177. The molecule has 0 spiro atoms. The van der Waals surface area contributed by atoms with E-state index in [9.17, 15) is 4.79 Å². The third-order valence-corrected chi connectivity index (χ3v) is 6.00. The standard InChI is InChI=1S/C23H22N2O6S/c1-27-14-7-8-17(28-2)16(12-14)22(26)25(13-15-6-5-11-31-15)23-24-20-18(29-3)9-10-19(30-4)21(20)32-23/h5-12H,13H2,1-4H3. The number of hydrogen-bond acceptors (Lipinski definition) is 8. The molecule has 32 heavy (non-hydrogen) atoms. The fraction of sp³-hybridized carbons (Fsp3) is 0.217. The molecule has 0 N–H and O–H groups in total. The number of thiazole rings is 1. The van der Waals surface area contributed by atoms with Crippen LogP contribution in [0.5, 0.6) is 23.0 Å². The zero-order chi connectivity index (χ0) is 22.7. The first-order valence-corrected chi connectivity index (χ1v) is 10.5. The molecule has 4 aromatic rings. The maximum atomic E-state index is 13.8. The van der Waals surface area contributed by atoms with Gasteiger partial charge in [-0.1, -0.05) is 11.3 Å². The molecule has 0 unspecified atom stereocenters. The van der Waals surface area contributed by atoms with Crippen molar-refractivity contribution in [1.29, 1.82) is 0 Å². The van der Waals surface area contributed by atoms with E-state index in [2.05, 4.69) is 0 Å². The Balaban J connectivity index is 1.86. The van der Waals surface area contributed by atoms with Crippen molar-refractivity contribution in [2.75, 3.05) is 33.3 Å². The number of methoxy groups -OCH3 is 4. The fourth-order valence-corrected chi connectivity index (χ4v) is 4.37. The summed E-state index contributed by atoms with van der Waals surface area (Å²) >= 11 is 1.33. The number of benzene rings is 2. The predicted octanol–water partition coefficient (Wildman–Crippen LogP) is 4.77. The molecule has 9 heteroatoms. The molecule has 0 aliphatic rings. The van der Waals surface area contributed by atoms with Crippen LogP contribution < -0.4 is 23.8 Å². The molecule has 0 bridgehead atoms. The number of anilines is 1. The Morgan fingerprint density at radius 2 is 1.69 bits per heavy atom. The van der Waals surface area contributed by atoms with Gasteiger partial charge in [0.15, 0.2) is 5.13 Å². The largest absolute Gasteiger partial charge is 0.497 e. The van der Waals surface area contributed by atoms with E-state index in [1.807, 2.05) is 6.07 Å². The summed E-state index contributed by atoms with van der Waals surface area (Å²) in [4.78, 5) is 20.0. The Hall–Kier alpha value is -3.72. The number of carbonyl (C=O) groups is 1. The van der Waals surface area contributed by atoms with E-state index >= 15 is 0 Å². The quantitative estimate of drug-likeness (QED) is 0.379. The van der Waals surface area contributed by atoms with Crippen LogP contribution in [0.2, 0.25) is 0 Å². The summed E-state index contributed by atoms with van der Waals surface area (Å²) in [7, 11) is 6.23. The number of carbonyl (C=O) groups excluding carboxylic acids is 1. The minimum Gasteiger partial charge on any atom is -0.497 e. The van der Waals surface area contributed by atoms with E-state index < -0.39 is 0 Å². The van der Waals surface area contributed by atoms with Crippen LogP contribution in [0.4, 0.5) is 5.13 Å². The Labute approximate surface area is 188 Å². The number of ether oxygens (including phenoxy) is 4. The second-order valence-corrected chi connectivity index (χ2v) is 7.66. The van der Waals surface area contributed by atoms with Gasteiger partial charge < -0.3 is 23.4 Å². The second-order valence-electron chi connectivity index (χ2n) is 6.68. The molecule has 2 aromatic carbocycles. The molecule has 2 aromatic heterocycles. The van der Waals surface area contributed by atoms with Crippen molar-refractivity contribution in [3.63, 3.8) is 0 Å². The number of nitrogens with zero attached hydrogens (tertiary/aromatic N) is 2. The summed E-state index contributed by atoms with van der Waals surface area (Å²) in [5.41, 5.74) is 0.957. The van der Waals surface area contributed by atoms with E-state index in [-0.39, 0.29) is 12.5 Å². The Morgan fingerprint density at radius 3 is 2.34 bits per heavy atom. The Morgan fingerprint density at radius 1 is 0.969 bits per heavy atom. The highest BCUT2D eigenvalue weighted by Gasteiger charge is 2.27. The highest BCUT2D eigenvalue weighted by Crippen LogP contribution is 2.41. The lowest BCUT2D eigenvalue weighted by Gasteiger charge is -2.20. The van der Waals surface area contributed by atoms with Crippen molar-refractivity contribution in [2.24, 2.45) is 0 Å². The molecule has 0 fully saturated rings. The molecule has 0 radical (unpaired) electrons. The van der Waals surface area contributed by atoms with E-state index in [0.29, 0.717) is 45.0 Å². The van der Waals surface area contributed by atoms with Gasteiger partial charge in [0.05, 0.1) is 46.8 Å². The van der Waals surface area contributed by atoms with Crippen molar-refractivity contribution in [3.8, 4) is 23.0 Å². The molecular formula is C23H22N2O6S. The maximum absolute atomic E-state index is 13.8. The summed E-state index contributed by atoms with van der Waals surface area (Å²) in [6.45, 7) is 0.177. The molecule has 166 valence electrons. The molecular weight excluding hydrogens is 432 g/mol. The maximum Gasteiger partial charge on any atom is 0.264 e. The average Bonchev–Trinajstić information content (AvgIpc) is 3.51. The van der Waals surface area contributed by atoms with Crippen molar-refractivity contribution >= 4 is 32.6 Å². The highest BCUT2D eigenvalue weighted by atomic mass is 32.1. The first kappa shape index (κ1) is 21.5. The van der Waals surface area contributed by atoms with Crippen molar-refractivity contribution in [3.05, 3.63) is 60.1 Å². The van der Waals surface area contributed by atoms with Crippen molar-refractivity contribution < 1.29 is 28.2 Å². The summed E-state index contributed by atoms with van der Waals surface area (Å²) in [6, 6.07) is 12.2. The van der Waals surface area contributed by atoms with Gasteiger partial charge in [-0.25, -0.2) is 4.98 Å². The van der Waals surface area contributed by atoms with Gasteiger partial charge in [0.25, 0.3) is 5.91 Å². The molecule has 0 saturated carbocycles. The number of aromatic nitrogens is 1. The second kappa shape index (κ2) is 9.19. The summed E-state index contributed by atoms with van der Waals surface area (Å²) in [5.74, 6) is 2.50. The molecule has 8 nitrogen and oxygen atoms in total. The summed E-state index contributed by atoms with van der Waals surface area (Å²) in [6.07, 6.45) is 1.56.